The molecular formula is C29H36N4O. The largest absolute Gasteiger partial charge is 0.368 e. The highest BCUT2D eigenvalue weighted by Gasteiger charge is 2.23. The molecule has 0 radical (unpaired) electrons. The molecule has 34 heavy (non-hydrogen) atoms. The zero-order valence-electron chi connectivity index (χ0n) is 20.1. The number of pyridine rings is 1. The van der Waals surface area contributed by atoms with Crippen LogP contribution in [-0.4, -0.2) is 66.5 Å². The van der Waals surface area contributed by atoms with E-state index in [1.54, 1.807) is 12.4 Å². The maximum Gasteiger partial charge on any atom is 0.227 e. The predicted molar refractivity (Wildman–Crippen MR) is 139 cm³/mol. The van der Waals surface area contributed by atoms with E-state index >= 15 is 0 Å². The molecule has 3 aromatic rings. The number of likely N-dealkylation sites (tertiary alicyclic amines) is 1. The second-order valence-electron chi connectivity index (χ2n) is 9.83. The predicted octanol–water partition coefficient (Wildman–Crippen LogP) is 4.62. The summed E-state index contributed by atoms with van der Waals surface area (Å²) >= 11 is 0. The number of piperazine rings is 1. The second kappa shape index (κ2) is 11.0. The Hall–Kier alpha value is -2.92. The second-order valence-corrected chi connectivity index (χ2v) is 9.83. The van der Waals surface area contributed by atoms with E-state index in [2.05, 4.69) is 62.1 Å². The Labute approximate surface area is 203 Å². The van der Waals surface area contributed by atoms with E-state index in [1.165, 1.54) is 35.8 Å². The van der Waals surface area contributed by atoms with Gasteiger partial charge in [0, 0.05) is 62.7 Å². The Bertz CT molecular complexity index is 1060. The van der Waals surface area contributed by atoms with Crippen molar-refractivity contribution < 1.29 is 4.79 Å². The van der Waals surface area contributed by atoms with Crippen LogP contribution >= 0.6 is 0 Å². The molecule has 2 aliphatic rings. The number of anilines is 1. The summed E-state index contributed by atoms with van der Waals surface area (Å²) < 4.78 is 0. The lowest BCUT2D eigenvalue weighted by atomic mass is 9.92. The van der Waals surface area contributed by atoms with Crippen LogP contribution in [-0.2, 0) is 11.2 Å². The summed E-state index contributed by atoms with van der Waals surface area (Å²) in [6.07, 6.45) is 8.87. The van der Waals surface area contributed by atoms with E-state index in [0.717, 1.165) is 63.6 Å². The van der Waals surface area contributed by atoms with Gasteiger partial charge in [-0.2, -0.15) is 0 Å². The summed E-state index contributed by atoms with van der Waals surface area (Å²) in [6.45, 7) is 7.51. The molecule has 0 N–H and O–H groups in total. The first kappa shape index (κ1) is 22.9. The Balaban J connectivity index is 1.01. The van der Waals surface area contributed by atoms with Crippen LogP contribution in [0.15, 0.2) is 67.0 Å². The van der Waals surface area contributed by atoms with Crippen molar-refractivity contribution in [3.05, 3.63) is 72.6 Å². The number of hydrogen-bond acceptors (Lipinski definition) is 4. The number of benzene rings is 2. The molecule has 2 aliphatic heterocycles. The minimum atomic E-state index is 0.246. The van der Waals surface area contributed by atoms with E-state index in [1.807, 2.05) is 12.1 Å². The van der Waals surface area contributed by atoms with Gasteiger partial charge in [0.05, 0.1) is 6.42 Å². The zero-order valence-corrected chi connectivity index (χ0v) is 20.1. The average Bonchev–Trinajstić information content (AvgIpc) is 2.90. The van der Waals surface area contributed by atoms with E-state index in [0.29, 0.717) is 6.42 Å². The number of nitrogens with zero attached hydrogens (tertiary/aromatic N) is 4. The molecule has 2 saturated heterocycles. The number of rotatable bonds is 7. The molecular weight excluding hydrogens is 420 g/mol. The van der Waals surface area contributed by atoms with Crippen LogP contribution in [0.4, 0.5) is 5.69 Å². The van der Waals surface area contributed by atoms with Gasteiger partial charge < -0.3 is 9.80 Å². The Morgan fingerprint density at radius 2 is 1.68 bits per heavy atom. The molecule has 5 rings (SSSR count). The van der Waals surface area contributed by atoms with Crippen molar-refractivity contribution in [3.63, 3.8) is 0 Å². The quantitative estimate of drug-likeness (QED) is 0.520. The molecule has 5 nitrogen and oxygen atoms in total. The fourth-order valence-corrected chi connectivity index (χ4v) is 5.56. The normalized spacial score (nSPS) is 17.9. The van der Waals surface area contributed by atoms with E-state index < -0.39 is 0 Å². The Morgan fingerprint density at radius 1 is 0.882 bits per heavy atom. The molecule has 0 aliphatic carbocycles. The summed E-state index contributed by atoms with van der Waals surface area (Å²) in [6, 6.07) is 19.3. The number of aromatic nitrogens is 1. The zero-order chi connectivity index (χ0) is 23.2. The highest BCUT2D eigenvalue weighted by Crippen LogP contribution is 2.28. The van der Waals surface area contributed by atoms with Crippen molar-refractivity contribution in [3.8, 4) is 0 Å². The van der Waals surface area contributed by atoms with Gasteiger partial charge in [0.2, 0.25) is 5.91 Å². The van der Waals surface area contributed by atoms with E-state index in [9.17, 15) is 4.79 Å². The first-order valence-corrected chi connectivity index (χ1v) is 12.9. The van der Waals surface area contributed by atoms with Crippen LogP contribution in [0.5, 0.6) is 0 Å². The maximum absolute atomic E-state index is 12.6. The van der Waals surface area contributed by atoms with Gasteiger partial charge in [-0.1, -0.05) is 42.5 Å². The molecule has 2 fully saturated rings. The van der Waals surface area contributed by atoms with Crippen molar-refractivity contribution in [2.45, 2.75) is 32.1 Å². The Morgan fingerprint density at radius 3 is 2.47 bits per heavy atom. The molecule has 0 bridgehead atoms. The number of carbonyl (C=O) groups excluding carboxylic acids is 1. The lowest BCUT2D eigenvalue weighted by Gasteiger charge is -2.37. The summed E-state index contributed by atoms with van der Waals surface area (Å²) in [5.74, 6) is 1.01. The minimum absolute atomic E-state index is 0.246. The van der Waals surface area contributed by atoms with Gasteiger partial charge in [0.25, 0.3) is 0 Å². The number of fused-ring (bicyclic) bond motifs is 1. The van der Waals surface area contributed by atoms with Crippen molar-refractivity contribution in [1.82, 2.24) is 14.8 Å². The van der Waals surface area contributed by atoms with Crippen molar-refractivity contribution in [2.75, 3.05) is 50.7 Å². The van der Waals surface area contributed by atoms with Gasteiger partial charge in [-0.25, -0.2) is 0 Å². The molecule has 0 spiro atoms. The van der Waals surface area contributed by atoms with Crippen LogP contribution in [0, 0.1) is 5.92 Å². The van der Waals surface area contributed by atoms with Crippen molar-refractivity contribution >= 4 is 22.4 Å². The van der Waals surface area contributed by atoms with Crippen LogP contribution in [0.3, 0.4) is 0 Å². The van der Waals surface area contributed by atoms with Crippen molar-refractivity contribution in [1.29, 1.82) is 0 Å². The number of amides is 1. The molecule has 1 amide bonds. The van der Waals surface area contributed by atoms with Crippen molar-refractivity contribution in [2.24, 2.45) is 5.92 Å². The van der Waals surface area contributed by atoms with E-state index in [4.69, 9.17) is 0 Å². The number of piperidine rings is 1. The number of hydrogen-bond donors (Lipinski definition) is 0. The van der Waals surface area contributed by atoms with Crippen LogP contribution in [0.25, 0.3) is 10.8 Å². The molecule has 1 aromatic heterocycles. The highest BCUT2D eigenvalue weighted by atomic mass is 16.2. The van der Waals surface area contributed by atoms with Gasteiger partial charge in [0.15, 0.2) is 0 Å². The Kier molecular flexibility index (Phi) is 7.40. The van der Waals surface area contributed by atoms with Gasteiger partial charge in [-0.3, -0.25) is 14.7 Å². The van der Waals surface area contributed by atoms with Gasteiger partial charge in [0.1, 0.15) is 0 Å². The topological polar surface area (TPSA) is 39.7 Å². The summed E-state index contributed by atoms with van der Waals surface area (Å²) in [5.41, 5.74) is 2.39. The maximum atomic E-state index is 12.6. The third-order valence-electron chi connectivity index (χ3n) is 7.61. The SMILES string of the molecule is O=C(Cc1cccnc1)N1CCC(CCCN2CCN(c3cccc4ccccc34)CC2)CC1. The summed E-state index contributed by atoms with van der Waals surface area (Å²) in [4.78, 5) is 23.9. The highest BCUT2D eigenvalue weighted by molar-refractivity contribution is 5.94. The van der Waals surface area contributed by atoms with Gasteiger partial charge in [-0.05, 0) is 61.2 Å². The lowest BCUT2D eigenvalue weighted by Crippen LogP contribution is -2.46. The molecule has 0 atom stereocenters. The fourth-order valence-electron chi connectivity index (χ4n) is 5.56. The molecule has 3 heterocycles. The summed E-state index contributed by atoms with van der Waals surface area (Å²) in [5, 5.41) is 2.69. The molecule has 2 aromatic carbocycles. The molecule has 5 heteroatoms. The lowest BCUT2D eigenvalue weighted by molar-refractivity contribution is -0.131. The monoisotopic (exact) mass is 456 g/mol. The smallest absolute Gasteiger partial charge is 0.227 e. The molecule has 0 saturated carbocycles. The third-order valence-corrected chi connectivity index (χ3v) is 7.61. The van der Waals surface area contributed by atoms with Crippen LogP contribution in [0.2, 0.25) is 0 Å². The first-order chi connectivity index (χ1) is 16.8. The van der Waals surface area contributed by atoms with Gasteiger partial charge >= 0.3 is 0 Å². The molecule has 0 unspecified atom stereocenters. The van der Waals surface area contributed by atoms with E-state index in [-0.39, 0.29) is 5.91 Å². The standard InChI is InChI=1S/C29H36N4O/c34-29(22-25-6-4-14-30-23-25)33-16-12-24(13-17-33)7-5-15-31-18-20-32(21-19-31)28-11-3-9-26-8-1-2-10-27(26)28/h1-4,6,8-11,14,23-24H,5,7,12-13,15-22H2. The third kappa shape index (κ3) is 5.58. The minimum Gasteiger partial charge on any atom is -0.368 e. The number of carbonyl (C=O) groups is 1. The summed E-state index contributed by atoms with van der Waals surface area (Å²) in [7, 11) is 0. The molecule has 178 valence electrons. The first-order valence-electron chi connectivity index (χ1n) is 12.9. The van der Waals surface area contributed by atoms with Crippen LogP contribution < -0.4 is 4.90 Å². The van der Waals surface area contributed by atoms with Gasteiger partial charge in [-0.15, -0.1) is 0 Å². The average molecular weight is 457 g/mol. The fraction of sp³-hybridized carbons (Fsp3) is 0.448. The van der Waals surface area contributed by atoms with Crippen LogP contribution in [0.1, 0.15) is 31.2 Å².